The van der Waals surface area contributed by atoms with Gasteiger partial charge in [-0.05, 0) is 32.8 Å². The van der Waals surface area contributed by atoms with E-state index in [1.807, 2.05) is 65.0 Å². The lowest BCUT2D eigenvalue weighted by Crippen LogP contribution is -2.35. The quantitative estimate of drug-likeness (QED) is 0.898. The van der Waals surface area contributed by atoms with Crippen molar-refractivity contribution in [3.8, 4) is 0 Å². The topological polar surface area (TPSA) is 49.8 Å². The van der Waals surface area contributed by atoms with Crippen LogP contribution < -0.4 is 0 Å². The summed E-state index contributed by atoms with van der Waals surface area (Å²) in [5, 5.41) is 10.4. The van der Waals surface area contributed by atoms with Crippen LogP contribution in [0.2, 0.25) is 0 Å². The first-order valence-corrected chi connectivity index (χ1v) is 8.08. The molecule has 2 rings (SSSR count). The molecule has 1 heterocycles. The number of nitrogens with zero attached hydrogens (tertiary/aromatic N) is 1. The van der Waals surface area contributed by atoms with Crippen molar-refractivity contribution in [1.29, 1.82) is 0 Å². The van der Waals surface area contributed by atoms with E-state index >= 15 is 0 Å². The molecule has 1 fully saturated rings. The van der Waals surface area contributed by atoms with E-state index in [0.717, 1.165) is 12.0 Å². The first-order valence-electron chi connectivity index (χ1n) is 8.08. The number of ether oxygens (including phenoxy) is 1. The summed E-state index contributed by atoms with van der Waals surface area (Å²) in [7, 11) is 0. The molecule has 22 heavy (non-hydrogen) atoms. The number of carbonyl (C=O) groups excluding carboxylic acids is 1. The monoisotopic (exact) mass is 307 g/mol. The van der Waals surface area contributed by atoms with Gasteiger partial charge in [-0.3, -0.25) is 0 Å². The normalized spacial score (nSPS) is 19.2. The predicted octanol–water partition coefficient (Wildman–Crippen LogP) is 4.00. The zero-order valence-electron chi connectivity index (χ0n) is 14.4. The highest BCUT2D eigenvalue weighted by molar-refractivity contribution is 5.68. The van der Waals surface area contributed by atoms with Gasteiger partial charge in [-0.15, -0.1) is 0 Å². The Balaban J connectivity index is 0.00000116. The Bertz CT molecular complexity index is 453. The molecule has 1 N–H and O–H groups in total. The lowest BCUT2D eigenvalue weighted by molar-refractivity contribution is 0.0268. The zero-order chi connectivity index (χ0) is 16.8. The van der Waals surface area contributed by atoms with E-state index < -0.39 is 11.7 Å². The number of carbonyl (C=O) groups is 1. The van der Waals surface area contributed by atoms with Crippen LogP contribution in [0, 0.1) is 5.92 Å². The lowest BCUT2D eigenvalue weighted by Gasteiger charge is -2.25. The Morgan fingerprint density at radius 1 is 1.27 bits per heavy atom. The molecule has 4 nitrogen and oxygen atoms in total. The summed E-state index contributed by atoms with van der Waals surface area (Å²) in [6, 6.07) is 9.59. The summed E-state index contributed by atoms with van der Waals surface area (Å²) in [6.45, 7) is 10.8. The van der Waals surface area contributed by atoms with E-state index in [-0.39, 0.29) is 12.0 Å². The number of benzene rings is 1. The molecule has 0 aliphatic carbocycles. The number of hydrogen-bond acceptors (Lipinski definition) is 3. The molecule has 0 aromatic heterocycles. The van der Waals surface area contributed by atoms with Crippen LogP contribution in [-0.4, -0.2) is 34.8 Å². The Morgan fingerprint density at radius 3 is 2.41 bits per heavy atom. The van der Waals surface area contributed by atoms with Gasteiger partial charge in [0.15, 0.2) is 0 Å². The van der Waals surface area contributed by atoms with Gasteiger partial charge < -0.3 is 14.7 Å². The minimum atomic E-state index is -0.524. The molecule has 1 aliphatic rings. The van der Waals surface area contributed by atoms with Crippen LogP contribution in [0.15, 0.2) is 30.3 Å². The summed E-state index contributed by atoms with van der Waals surface area (Å²) < 4.78 is 5.36. The molecule has 4 heteroatoms. The van der Waals surface area contributed by atoms with Crippen LogP contribution in [-0.2, 0) is 4.74 Å². The summed E-state index contributed by atoms with van der Waals surface area (Å²) in [6.07, 6.45) is -0.0149. The molecule has 0 bridgehead atoms. The van der Waals surface area contributed by atoms with Crippen LogP contribution in [0.3, 0.4) is 0 Å². The maximum atomic E-state index is 12.0. The van der Waals surface area contributed by atoms with Crippen molar-refractivity contribution < 1.29 is 14.6 Å². The second kappa shape index (κ2) is 8.18. The van der Waals surface area contributed by atoms with Crippen molar-refractivity contribution in [3.05, 3.63) is 35.9 Å². The Labute approximate surface area is 134 Å². The molecule has 1 amide bonds. The summed E-state index contributed by atoms with van der Waals surface area (Å²) in [4.78, 5) is 13.7. The molecule has 0 radical (unpaired) electrons. The van der Waals surface area contributed by atoms with Gasteiger partial charge in [0.2, 0.25) is 0 Å². The third kappa shape index (κ3) is 5.34. The van der Waals surface area contributed by atoms with E-state index in [1.54, 1.807) is 4.90 Å². The fourth-order valence-electron chi connectivity index (χ4n) is 2.46. The summed E-state index contributed by atoms with van der Waals surface area (Å²) in [5.74, 6) is 0.0740. The molecular weight excluding hydrogens is 278 g/mol. The molecule has 1 aromatic carbocycles. The van der Waals surface area contributed by atoms with Crippen molar-refractivity contribution in [2.75, 3.05) is 13.1 Å². The Kier molecular flexibility index (Phi) is 6.88. The van der Waals surface area contributed by atoms with Crippen LogP contribution >= 0.6 is 0 Å². The van der Waals surface area contributed by atoms with Crippen molar-refractivity contribution >= 4 is 6.09 Å². The van der Waals surface area contributed by atoms with Crippen molar-refractivity contribution in [3.63, 3.8) is 0 Å². The van der Waals surface area contributed by atoms with Gasteiger partial charge in [-0.1, -0.05) is 44.2 Å². The van der Waals surface area contributed by atoms with Crippen LogP contribution in [0.4, 0.5) is 4.79 Å². The van der Waals surface area contributed by atoms with Crippen LogP contribution in [0.25, 0.3) is 0 Å². The maximum absolute atomic E-state index is 12.0. The molecule has 2 atom stereocenters. The standard InChI is InChI=1S/C16H23NO3.C2H6/c1-16(2,3)20-15(19)17-10-9-13(11-17)14(18)12-7-5-4-6-8-12;1-2/h4-8,13-14,18H,9-11H2,1-3H3;1-2H3/t13-,14?;/m0./s1. The van der Waals surface area contributed by atoms with Crippen molar-refractivity contribution in [2.24, 2.45) is 5.92 Å². The van der Waals surface area contributed by atoms with E-state index in [4.69, 9.17) is 4.74 Å². The number of hydrogen-bond donors (Lipinski definition) is 1. The Morgan fingerprint density at radius 2 is 1.86 bits per heavy atom. The zero-order valence-corrected chi connectivity index (χ0v) is 14.4. The molecule has 1 aromatic rings. The second-order valence-corrected chi connectivity index (χ2v) is 6.33. The highest BCUT2D eigenvalue weighted by atomic mass is 16.6. The molecule has 1 unspecified atom stereocenters. The van der Waals surface area contributed by atoms with Gasteiger partial charge >= 0.3 is 6.09 Å². The third-order valence-electron chi connectivity index (χ3n) is 3.46. The second-order valence-electron chi connectivity index (χ2n) is 6.33. The van der Waals surface area contributed by atoms with E-state index in [1.165, 1.54) is 0 Å². The Hall–Kier alpha value is -1.55. The number of rotatable bonds is 2. The highest BCUT2D eigenvalue weighted by Crippen LogP contribution is 2.30. The SMILES string of the molecule is CC.CC(C)(C)OC(=O)N1CC[C@H](C(O)c2ccccc2)C1. The summed E-state index contributed by atoms with van der Waals surface area (Å²) in [5.41, 5.74) is 0.427. The van der Waals surface area contributed by atoms with Gasteiger partial charge in [-0.25, -0.2) is 4.79 Å². The van der Waals surface area contributed by atoms with Crippen LogP contribution in [0.1, 0.15) is 52.7 Å². The molecule has 0 saturated carbocycles. The first kappa shape index (κ1) is 18.5. The smallest absolute Gasteiger partial charge is 0.410 e. The minimum absolute atomic E-state index is 0.0740. The predicted molar refractivity (Wildman–Crippen MR) is 88.7 cm³/mol. The number of likely N-dealkylation sites (tertiary alicyclic amines) is 1. The third-order valence-corrected chi connectivity index (χ3v) is 3.46. The summed E-state index contributed by atoms with van der Waals surface area (Å²) >= 11 is 0. The average Bonchev–Trinajstić information content (AvgIpc) is 2.98. The van der Waals surface area contributed by atoms with E-state index in [9.17, 15) is 9.90 Å². The molecule has 1 aliphatic heterocycles. The van der Waals surface area contributed by atoms with E-state index in [2.05, 4.69) is 0 Å². The lowest BCUT2D eigenvalue weighted by atomic mass is 9.95. The highest BCUT2D eigenvalue weighted by Gasteiger charge is 2.33. The minimum Gasteiger partial charge on any atom is -0.444 e. The van der Waals surface area contributed by atoms with Gasteiger partial charge in [0, 0.05) is 19.0 Å². The molecule has 124 valence electrons. The van der Waals surface area contributed by atoms with E-state index in [0.29, 0.717) is 13.1 Å². The number of aliphatic hydroxyl groups is 1. The molecule has 1 saturated heterocycles. The van der Waals surface area contributed by atoms with Gasteiger partial charge in [0.05, 0.1) is 6.10 Å². The van der Waals surface area contributed by atoms with Gasteiger partial charge in [-0.2, -0.15) is 0 Å². The fourth-order valence-corrected chi connectivity index (χ4v) is 2.46. The largest absolute Gasteiger partial charge is 0.444 e. The number of aliphatic hydroxyl groups excluding tert-OH is 1. The van der Waals surface area contributed by atoms with Gasteiger partial charge in [0.25, 0.3) is 0 Å². The van der Waals surface area contributed by atoms with Crippen molar-refractivity contribution in [2.45, 2.75) is 52.7 Å². The van der Waals surface area contributed by atoms with Crippen molar-refractivity contribution in [1.82, 2.24) is 4.90 Å². The average molecular weight is 307 g/mol. The van der Waals surface area contributed by atoms with Crippen LogP contribution in [0.5, 0.6) is 0 Å². The fraction of sp³-hybridized carbons (Fsp3) is 0.611. The maximum Gasteiger partial charge on any atom is 0.410 e. The van der Waals surface area contributed by atoms with Gasteiger partial charge in [0.1, 0.15) is 5.60 Å². The molecular formula is C18H29NO3. The number of amides is 1. The molecule has 0 spiro atoms. The first-order chi connectivity index (χ1) is 10.4.